The van der Waals surface area contributed by atoms with E-state index in [2.05, 4.69) is 30.1 Å². The maximum absolute atomic E-state index is 9.56. The van der Waals surface area contributed by atoms with Crippen LogP contribution in [0.1, 0.15) is 46.0 Å². The third-order valence-corrected chi connectivity index (χ3v) is 4.16. The second kappa shape index (κ2) is 8.52. The van der Waals surface area contributed by atoms with Crippen molar-refractivity contribution in [2.24, 2.45) is 0 Å². The zero-order valence-electron chi connectivity index (χ0n) is 12.7. The van der Waals surface area contributed by atoms with Gasteiger partial charge in [0.2, 0.25) is 0 Å². The summed E-state index contributed by atoms with van der Waals surface area (Å²) in [6, 6.07) is 3.06. The zero-order valence-corrected chi connectivity index (χ0v) is 12.7. The molecule has 0 radical (unpaired) electrons. The van der Waals surface area contributed by atoms with Crippen molar-refractivity contribution >= 4 is 0 Å². The van der Waals surface area contributed by atoms with Gasteiger partial charge in [-0.05, 0) is 45.2 Å². The number of ether oxygens (including phenoxy) is 1. The van der Waals surface area contributed by atoms with E-state index >= 15 is 0 Å². The van der Waals surface area contributed by atoms with Crippen LogP contribution in [-0.4, -0.2) is 49.8 Å². The van der Waals surface area contributed by atoms with Gasteiger partial charge in [-0.1, -0.05) is 13.8 Å². The maximum atomic E-state index is 9.56. The average molecular weight is 267 g/mol. The van der Waals surface area contributed by atoms with Crippen molar-refractivity contribution in [3.05, 3.63) is 0 Å². The molecule has 4 heteroatoms. The predicted molar refractivity (Wildman–Crippen MR) is 78.0 cm³/mol. The van der Waals surface area contributed by atoms with Crippen LogP contribution in [0.2, 0.25) is 0 Å². The lowest BCUT2D eigenvalue weighted by molar-refractivity contribution is 0.0881. The van der Waals surface area contributed by atoms with Crippen molar-refractivity contribution in [2.45, 2.75) is 57.5 Å². The molecule has 1 N–H and O–H groups in total. The fourth-order valence-corrected chi connectivity index (χ4v) is 3.03. The third-order valence-electron chi connectivity index (χ3n) is 4.16. The standard InChI is InChI=1S/C15H29N3O/c1-4-9-17-15(13-16)8-6-7-14(12-15)18(5-2)10-11-19-3/h14,17H,4-12H2,1-3H3. The molecular weight excluding hydrogens is 238 g/mol. The maximum Gasteiger partial charge on any atom is 0.108 e. The lowest BCUT2D eigenvalue weighted by atomic mass is 9.79. The van der Waals surface area contributed by atoms with E-state index in [4.69, 9.17) is 4.74 Å². The minimum absolute atomic E-state index is 0.306. The molecule has 0 amide bonds. The molecule has 2 unspecified atom stereocenters. The first-order valence-corrected chi connectivity index (χ1v) is 7.60. The number of hydrogen-bond acceptors (Lipinski definition) is 4. The molecule has 1 fully saturated rings. The van der Waals surface area contributed by atoms with Crippen LogP contribution in [0.15, 0.2) is 0 Å². The van der Waals surface area contributed by atoms with Crippen molar-refractivity contribution < 1.29 is 4.74 Å². The Morgan fingerprint density at radius 1 is 1.47 bits per heavy atom. The van der Waals surface area contributed by atoms with Gasteiger partial charge in [0.25, 0.3) is 0 Å². The summed E-state index contributed by atoms with van der Waals surface area (Å²) in [6.07, 6.45) is 5.35. The molecule has 19 heavy (non-hydrogen) atoms. The second-order valence-electron chi connectivity index (χ2n) is 5.49. The van der Waals surface area contributed by atoms with E-state index in [1.54, 1.807) is 7.11 Å². The van der Waals surface area contributed by atoms with Gasteiger partial charge in [-0.25, -0.2) is 0 Å². The Morgan fingerprint density at radius 2 is 2.26 bits per heavy atom. The third kappa shape index (κ3) is 4.76. The van der Waals surface area contributed by atoms with Gasteiger partial charge in [0, 0.05) is 19.7 Å². The number of nitrogens with zero attached hydrogens (tertiary/aromatic N) is 2. The van der Waals surface area contributed by atoms with Gasteiger partial charge in [-0.3, -0.25) is 10.2 Å². The van der Waals surface area contributed by atoms with Crippen LogP contribution < -0.4 is 5.32 Å². The highest BCUT2D eigenvalue weighted by Gasteiger charge is 2.37. The van der Waals surface area contributed by atoms with Crippen molar-refractivity contribution in [3.8, 4) is 6.07 Å². The molecule has 0 aromatic carbocycles. The summed E-state index contributed by atoms with van der Waals surface area (Å²) in [6.45, 7) is 8.04. The minimum Gasteiger partial charge on any atom is -0.383 e. The molecule has 0 heterocycles. The van der Waals surface area contributed by atoms with Crippen molar-refractivity contribution in [2.75, 3.05) is 33.4 Å². The molecular formula is C15H29N3O. The normalized spacial score (nSPS) is 27.4. The second-order valence-corrected chi connectivity index (χ2v) is 5.49. The fourth-order valence-electron chi connectivity index (χ4n) is 3.03. The van der Waals surface area contributed by atoms with E-state index in [1.165, 1.54) is 6.42 Å². The zero-order chi connectivity index (χ0) is 14.1. The molecule has 0 spiro atoms. The minimum atomic E-state index is -0.306. The predicted octanol–water partition coefficient (Wildman–Crippen LogP) is 2.16. The van der Waals surface area contributed by atoms with Crippen LogP contribution in [0.3, 0.4) is 0 Å². The summed E-state index contributed by atoms with van der Waals surface area (Å²) in [4.78, 5) is 2.46. The van der Waals surface area contributed by atoms with Crippen LogP contribution in [0, 0.1) is 11.3 Å². The van der Waals surface area contributed by atoms with E-state index in [0.717, 1.165) is 51.9 Å². The first-order valence-electron chi connectivity index (χ1n) is 7.60. The first kappa shape index (κ1) is 16.4. The Balaban J connectivity index is 2.62. The summed E-state index contributed by atoms with van der Waals surface area (Å²) in [5, 5.41) is 13.0. The van der Waals surface area contributed by atoms with E-state index in [0.29, 0.717) is 6.04 Å². The number of nitrogens with one attached hydrogen (secondary N) is 1. The van der Waals surface area contributed by atoms with Gasteiger partial charge in [0.15, 0.2) is 0 Å². The van der Waals surface area contributed by atoms with Crippen molar-refractivity contribution in [1.29, 1.82) is 5.26 Å². The summed E-state index contributed by atoms with van der Waals surface area (Å²) < 4.78 is 5.19. The summed E-state index contributed by atoms with van der Waals surface area (Å²) in [7, 11) is 1.75. The lowest BCUT2D eigenvalue weighted by Gasteiger charge is -2.41. The van der Waals surface area contributed by atoms with Crippen molar-refractivity contribution in [3.63, 3.8) is 0 Å². The highest BCUT2D eigenvalue weighted by Crippen LogP contribution is 2.30. The topological polar surface area (TPSA) is 48.3 Å². The number of hydrogen-bond donors (Lipinski definition) is 1. The Hall–Kier alpha value is -0.630. The SMILES string of the molecule is CCCNC1(C#N)CCCC(N(CC)CCOC)C1. The van der Waals surface area contributed by atoms with Gasteiger partial charge in [0.05, 0.1) is 12.7 Å². The molecule has 0 bridgehead atoms. The molecule has 2 atom stereocenters. The highest BCUT2D eigenvalue weighted by atomic mass is 16.5. The Kier molecular flexibility index (Phi) is 7.37. The van der Waals surface area contributed by atoms with Crippen LogP contribution in [0.5, 0.6) is 0 Å². The molecule has 0 aromatic rings. The number of methoxy groups -OCH3 is 1. The van der Waals surface area contributed by atoms with Gasteiger partial charge in [-0.2, -0.15) is 5.26 Å². The highest BCUT2D eigenvalue weighted by molar-refractivity contribution is 5.11. The largest absolute Gasteiger partial charge is 0.383 e. The van der Waals surface area contributed by atoms with Gasteiger partial charge in [-0.15, -0.1) is 0 Å². The van der Waals surface area contributed by atoms with Gasteiger partial charge < -0.3 is 4.74 Å². The van der Waals surface area contributed by atoms with E-state index in [-0.39, 0.29) is 5.54 Å². The van der Waals surface area contributed by atoms with E-state index in [1.807, 2.05) is 0 Å². The smallest absolute Gasteiger partial charge is 0.108 e. The first-order chi connectivity index (χ1) is 9.21. The number of nitriles is 1. The molecule has 0 aromatic heterocycles. The van der Waals surface area contributed by atoms with Crippen LogP contribution in [-0.2, 0) is 4.74 Å². The number of rotatable bonds is 8. The van der Waals surface area contributed by atoms with Crippen LogP contribution in [0.4, 0.5) is 0 Å². The van der Waals surface area contributed by atoms with Crippen LogP contribution in [0.25, 0.3) is 0 Å². The molecule has 1 aliphatic rings. The Labute approximate surface area is 118 Å². The summed E-state index contributed by atoms with van der Waals surface area (Å²) in [5.41, 5.74) is -0.306. The average Bonchev–Trinajstić information content (AvgIpc) is 2.46. The van der Waals surface area contributed by atoms with E-state index in [9.17, 15) is 5.26 Å². The molecule has 4 nitrogen and oxygen atoms in total. The molecule has 1 saturated carbocycles. The van der Waals surface area contributed by atoms with Gasteiger partial charge in [0.1, 0.15) is 5.54 Å². The molecule has 0 saturated heterocycles. The summed E-state index contributed by atoms with van der Waals surface area (Å²) >= 11 is 0. The van der Waals surface area contributed by atoms with Crippen molar-refractivity contribution in [1.82, 2.24) is 10.2 Å². The lowest BCUT2D eigenvalue weighted by Crippen LogP contribution is -2.53. The fraction of sp³-hybridized carbons (Fsp3) is 0.933. The molecule has 110 valence electrons. The monoisotopic (exact) mass is 267 g/mol. The molecule has 1 rings (SSSR count). The van der Waals surface area contributed by atoms with E-state index < -0.39 is 0 Å². The van der Waals surface area contributed by atoms with Gasteiger partial charge >= 0.3 is 0 Å². The Bertz CT molecular complexity index is 290. The summed E-state index contributed by atoms with van der Waals surface area (Å²) in [5.74, 6) is 0. The molecule has 0 aliphatic heterocycles. The van der Waals surface area contributed by atoms with Crippen LogP contribution >= 0.6 is 0 Å². The number of likely N-dealkylation sites (N-methyl/N-ethyl adjacent to an activating group) is 1. The Morgan fingerprint density at radius 3 is 2.84 bits per heavy atom. The quantitative estimate of drug-likeness (QED) is 0.732. The molecule has 1 aliphatic carbocycles.